The van der Waals surface area contributed by atoms with Crippen LogP contribution in [-0.2, 0) is 13.1 Å². The van der Waals surface area contributed by atoms with E-state index in [-0.39, 0.29) is 5.91 Å². The highest BCUT2D eigenvalue weighted by molar-refractivity contribution is 7.09. The third-order valence-electron chi connectivity index (χ3n) is 4.36. The fourth-order valence-corrected chi connectivity index (χ4v) is 3.61. The number of rotatable bonds is 4. The molecule has 128 valence electrons. The van der Waals surface area contributed by atoms with E-state index in [9.17, 15) is 4.79 Å². The van der Waals surface area contributed by atoms with Crippen LogP contribution in [0.1, 0.15) is 33.0 Å². The van der Waals surface area contributed by atoms with E-state index in [1.54, 1.807) is 11.3 Å². The Labute approximate surface area is 147 Å². The molecule has 1 aliphatic rings. The molecule has 0 bridgehead atoms. The highest BCUT2D eigenvalue weighted by Gasteiger charge is 2.20. The summed E-state index contributed by atoms with van der Waals surface area (Å²) in [6.07, 6.45) is 0.996. The number of hydrogen-bond donors (Lipinski definition) is 1. The van der Waals surface area contributed by atoms with Crippen LogP contribution in [0.2, 0.25) is 0 Å². The number of carbonyl (C=O) groups excluding carboxylic acids is 1. The summed E-state index contributed by atoms with van der Waals surface area (Å²) in [5.41, 5.74) is 8.54. The first kappa shape index (κ1) is 17.1. The molecule has 1 aromatic carbocycles. The normalized spacial score (nSPS) is 16.2. The summed E-state index contributed by atoms with van der Waals surface area (Å²) in [4.78, 5) is 21.6. The van der Waals surface area contributed by atoms with Crippen LogP contribution < -0.4 is 5.73 Å². The van der Waals surface area contributed by atoms with Crippen molar-refractivity contribution in [3.05, 3.63) is 51.5 Å². The molecule has 3 rings (SSSR count). The van der Waals surface area contributed by atoms with Crippen molar-refractivity contribution in [2.75, 3.05) is 26.2 Å². The smallest absolute Gasteiger partial charge is 0.253 e. The Morgan fingerprint density at radius 2 is 2.00 bits per heavy atom. The van der Waals surface area contributed by atoms with Gasteiger partial charge in [-0.15, -0.1) is 11.3 Å². The zero-order chi connectivity index (χ0) is 16.9. The molecule has 24 heavy (non-hydrogen) atoms. The summed E-state index contributed by atoms with van der Waals surface area (Å²) in [7, 11) is 0. The molecule has 6 heteroatoms. The molecule has 0 saturated carbocycles. The van der Waals surface area contributed by atoms with Gasteiger partial charge >= 0.3 is 0 Å². The van der Waals surface area contributed by atoms with E-state index in [2.05, 4.69) is 15.3 Å². The number of nitrogens with zero attached hydrogens (tertiary/aromatic N) is 3. The molecule has 2 heterocycles. The maximum absolute atomic E-state index is 12.7. The minimum atomic E-state index is 0.116. The van der Waals surface area contributed by atoms with E-state index >= 15 is 0 Å². The number of amides is 1. The molecule has 1 fully saturated rings. The summed E-state index contributed by atoms with van der Waals surface area (Å²) in [5, 5.41) is 3.24. The van der Waals surface area contributed by atoms with Crippen LogP contribution in [0.4, 0.5) is 0 Å². The lowest BCUT2D eigenvalue weighted by Crippen LogP contribution is -2.35. The Balaban J connectivity index is 1.58. The lowest BCUT2D eigenvalue weighted by atomic mass is 10.1. The minimum Gasteiger partial charge on any atom is -0.337 e. The molecule has 0 atom stereocenters. The maximum atomic E-state index is 12.7. The second-order valence-corrected chi connectivity index (χ2v) is 7.24. The molecular weight excluding hydrogens is 320 g/mol. The van der Waals surface area contributed by atoms with Crippen molar-refractivity contribution in [3.63, 3.8) is 0 Å². The number of nitrogens with two attached hydrogens (primary N) is 1. The largest absolute Gasteiger partial charge is 0.337 e. The van der Waals surface area contributed by atoms with Crippen LogP contribution in [-0.4, -0.2) is 46.9 Å². The van der Waals surface area contributed by atoms with Crippen molar-refractivity contribution in [1.82, 2.24) is 14.8 Å². The van der Waals surface area contributed by atoms with Gasteiger partial charge in [0.1, 0.15) is 0 Å². The average molecular weight is 344 g/mol. The summed E-state index contributed by atoms with van der Waals surface area (Å²) >= 11 is 1.69. The van der Waals surface area contributed by atoms with Crippen molar-refractivity contribution >= 4 is 17.2 Å². The molecule has 0 radical (unpaired) electrons. The van der Waals surface area contributed by atoms with Gasteiger partial charge < -0.3 is 10.6 Å². The van der Waals surface area contributed by atoms with Gasteiger partial charge in [-0.25, -0.2) is 4.98 Å². The third-order valence-corrected chi connectivity index (χ3v) is 5.19. The maximum Gasteiger partial charge on any atom is 0.253 e. The van der Waals surface area contributed by atoms with E-state index < -0.39 is 0 Å². The Hall–Kier alpha value is -1.76. The lowest BCUT2D eigenvalue weighted by molar-refractivity contribution is 0.0761. The number of aryl methyl sites for hydroxylation is 1. The molecule has 2 N–H and O–H groups in total. The van der Waals surface area contributed by atoms with Crippen LogP contribution in [0, 0.1) is 6.92 Å². The standard InChI is InChI=1S/C18H24N4OS/c1-14-20-17(13-24-14)12-21-7-2-8-22(10-9-21)18(23)16-5-3-15(11-19)4-6-16/h3-6,13H,2,7-12,19H2,1H3. The summed E-state index contributed by atoms with van der Waals surface area (Å²) < 4.78 is 0. The number of thiazole rings is 1. The lowest BCUT2D eigenvalue weighted by Gasteiger charge is -2.21. The van der Waals surface area contributed by atoms with Crippen molar-refractivity contribution in [2.24, 2.45) is 5.73 Å². The van der Waals surface area contributed by atoms with Gasteiger partial charge in [0.15, 0.2) is 0 Å². The number of aromatic nitrogens is 1. The van der Waals surface area contributed by atoms with Crippen LogP contribution >= 0.6 is 11.3 Å². The Bertz CT molecular complexity index is 683. The minimum absolute atomic E-state index is 0.116. The molecule has 1 aromatic heterocycles. The summed E-state index contributed by atoms with van der Waals surface area (Å²) in [6, 6.07) is 7.63. The van der Waals surface area contributed by atoms with Crippen molar-refractivity contribution in [1.29, 1.82) is 0 Å². The van der Waals surface area contributed by atoms with E-state index in [0.717, 1.165) is 61.0 Å². The van der Waals surface area contributed by atoms with E-state index in [0.29, 0.717) is 6.54 Å². The van der Waals surface area contributed by atoms with Gasteiger partial charge in [-0.1, -0.05) is 12.1 Å². The molecule has 1 aliphatic heterocycles. The van der Waals surface area contributed by atoms with Gasteiger partial charge in [-0.2, -0.15) is 0 Å². The van der Waals surface area contributed by atoms with Gasteiger partial charge in [-0.3, -0.25) is 9.69 Å². The van der Waals surface area contributed by atoms with Gasteiger partial charge in [0.25, 0.3) is 5.91 Å². The van der Waals surface area contributed by atoms with Crippen LogP contribution in [0.15, 0.2) is 29.6 Å². The second-order valence-electron chi connectivity index (χ2n) is 6.18. The zero-order valence-corrected chi connectivity index (χ0v) is 14.9. The molecule has 2 aromatic rings. The summed E-state index contributed by atoms with van der Waals surface area (Å²) in [5.74, 6) is 0.116. The Kier molecular flexibility index (Phi) is 5.60. The molecule has 0 spiro atoms. The van der Waals surface area contributed by atoms with Gasteiger partial charge in [0.05, 0.1) is 10.7 Å². The first-order valence-electron chi connectivity index (χ1n) is 8.37. The van der Waals surface area contributed by atoms with Crippen LogP contribution in [0.25, 0.3) is 0 Å². The Morgan fingerprint density at radius 1 is 1.21 bits per heavy atom. The highest BCUT2D eigenvalue weighted by Crippen LogP contribution is 2.14. The zero-order valence-electron chi connectivity index (χ0n) is 14.1. The summed E-state index contributed by atoms with van der Waals surface area (Å²) in [6.45, 7) is 6.88. The average Bonchev–Trinajstić information content (AvgIpc) is 2.87. The highest BCUT2D eigenvalue weighted by atomic mass is 32.1. The van der Waals surface area contributed by atoms with Crippen molar-refractivity contribution in [2.45, 2.75) is 26.4 Å². The number of hydrogen-bond acceptors (Lipinski definition) is 5. The van der Waals surface area contributed by atoms with Crippen molar-refractivity contribution in [3.8, 4) is 0 Å². The van der Waals surface area contributed by atoms with E-state index in [4.69, 9.17) is 5.73 Å². The van der Waals surface area contributed by atoms with Crippen molar-refractivity contribution < 1.29 is 4.79 Å². The van der Waals surface area contributed by atoms with E-state index in [1.165, 1.54) is 0 Å². The molecule has 0 unspecified atom stereocenters. The van der Waals surface area contributed by atoms with Crippen LogP contribution in [0.5, 0.6) is 0 Å². The Morgan fingerprint density at radius 3 is 2.67 bits per heavy atom. The molecule has 0 aliphatic carbocycles. The quantitative estimate of drug-likeness (QED) is 0.924. The monoisotopic (exact) mass is 344 g/mol. The molecule has 1 saturated heterocycles. The fraction of sp³-hybridized carbons (Fsp3) is 0.444. The SMILES string of the molecule is Cc1nc(CN2CCCN(C(=O)c3ccc(CN)cc3)CC2)cs1. The van der Waals surface area contributed by atoms with Gasteiger partial charge in [-0.05, 0) is 31.0 Å². The van der Waals surface area contributed by atoms with E-state index in [1.807, 2.05) is 36.1 Å². The predicted molar refractivity (Wildman–Crippen MR) is 97.0 cm³/mol. The van der Waals surface area contributed by atoms with Crippen LogP contribution in [0.3, 0.4) is 0 Å². The van der Waals surface area contributed by atoms with Gasteiger partial charge in [0, 0.05) is 50.2 Å². The molecular formula is C18H24N4OS. The third kappa shape index (κ3) is 4.20. The number of carbonyl (C=O) groups is 1. The predicted octanol–water partition coefficient (Wildman–Crippen LogP) is 2.26. The fourth-order valence-electron chi connectivity index (χ4n) is 3.01. The topological polar surface area (TPSA) is 62.5 Å². The number of benzene rings is 1. The first-order valence-corrected chi connectivity index (χ1v) is 9.25. The molecule has 1 amide bonds. The van der Waals surface area contributed by atoms with Gasteiger partial charge in [0.2, 0.25) is 0 Å². The second kappa shape index (κ2) is 7.88. The molecule has 5 nitrogen and oxygen atoms in total. The first-order chi connectivity index (χ1) is 11.7.